The molecule has 0 saturated carbocycles. The van der Waals surface area contributed by atoms with E-state index in [4.69, 9.17) is 23.7 Å². The van der Waals surface area contributed by atoms with Crippen molar-refractivity contribution in [2.45, 2.75) is 37.4 Å². The number of fused-ring (bicyclic) bond motifs is 1. The number of aliphatic imine (C=N–C) groups is 1. The van der Waals surface area contributed by atoms with Crippen LogP contribution in [0.25, 0.3) is 0 Å². The van der Waals surface area contributed by atoms with Gasteiger partial charge in [0.1, 0.15) is 36.4 Å². The number of nitrogens with zero attached hydrogens (tertiary/aromatic N) is 5. The molecule has 18 nitrogen and oxygen atoms in total. The number of halogens is 2. The standard InChI is InChI=1S/C44H46F2N8O10/c45-27-6-4-26(5-7-27)39-38(40-36-30(34(55)24-48-40)22-28(46)23-32(36)51-39)41-49-25-50-53(41)11-13-61-15-17-63-19-21-64-20-18-62-16-14-60-12-10-47-31-3-1-2-29-37(31)44(59)54(43(29)58)33-8-9-35(56)52-42(33)57/h1-7,22-23,25,33,38-39,47,51H,8-21,24H2,(H,52,56,57)/t33?,38-,39?/m1/s1. The molecule has 4 amide bonds. The van der Waals surface area contributed by atoms with E-state index in [-0.39, 0.29) is 41.9 Å². The highest BCUT2D eigenvalue weighted by molar-refractivity contribution is 6.25. The highest BCUT2D eigenvalue weighted by atomic mass is 19.1. The molecule has 3 N–H and O–H groups in total. The third-order valence-electron chi connectivity index (χ3n) is 11.1. The van der Waals surface area contributed by atoms with Crippen molar-refractivity contribution in [2.75, 3.05) is 89.8 Å². The maximum Gasteiger partial charge on any atom is 0.264 e. The normalized spacial score (nSPS) is 19.0. The Hall–Kier alpha value is -6.32. The van der Waals surface area contributed by atoms with Crippen molar-refractivity contribution in [3.05, 3.63) is 106 Å². The second kappa shape index (κ2) is 20.5. The molecule has 4 aliphatic heterocycles. The first-order valence-electron chi connectivity index (χ1n) is 21.0. The van der Waals surface area contributed by atoms with Gasteiger partial charge in [0.25, 0.3) is 11.8 Å². The molecule has 1 aromatic heterocycles. The fourth-order valence-corrected chi connectivity index (χ4v) is 8.16. The number of piperidine rings is 1. The lowest BCUT2D eigenvalue weighted by molar-refractivity contribution is -0.136. The van der Waals surface area contributed by atoms with Crippen molar-refractivity contribution in [1.29, 1.82) is 0 Å². The summed E-state index contributed by atoms with van der Waals surface area (Å²) >= 11 is 0. The van der Waals surface area contributed by atoms with Gasteiger partial charge in [0.05, 0.1) is 101 Å². The molecule has 336 valence electrons. The van der Waals surface area contributed by atoms with E-state index in [1.807, 2.05) is 0 Å². The number of ether oxygens (including phenoxy) is 5. The number of rotatable bonds is 22. The molecule has 5 heterocycles. The lowest BCUT2D eigenvalue weighted by atomic mass is 9.78. The van der Waals surface area contributed by atoms with Gasteiger partial charge < -0.3 is 34.3 Å². The molecule has 64 heavy (non-hydrogen) atoms. The van der Waals surface area contributed by atoms with Crippen molar-refractivity contribution in [3.8, 4) is 0 Å². The Bertz CT molecular complexity index is 2430. The number of hydrogen-bond donors (Lipinski definition) is 3. The molecular formula is C44H46F2N8O10. The quantitative estimate of drug-likeness (QED) is 0.0765. The molecule has 20 heteroatoms. The van der Waals surface area contributed by atoms with Crippen molar-refractivity contribution in [1.82, 2.24) is 25.0 Å². The maximum absolute atomic E-state index is 14.6. The van der Waals surface area contributed by atoms with Crippen molar-refractivity contribution < 1.29 is 56.4 Å². The number of ketones is 1. The molecule has 4 aromatic rings. The van der Waals surface area contributed by atoms with E-state index < -0.39 is 53.3 Å². The van der Waals surface area contributed by atoms with Gasteiger partial charge in [0.2, 0.25) is 11.8 Å². The summed E-state index contributed by atoms with van der Waals surface area (Å²) in [6, 6.07) is 11.9. The minimum atomic E-state index is -1.03. The van der Waals surface area contributed by atoms with Crippen LogP contribution in [0.1, 0.15) is 72.8 Å². The summed E-state index contributed by atoms with van der Waals surface area (Å²) in [6.07, 6.45) is 1.57. The van der Waals surface area contributed by atoms with E-state index in [0.717, 1.165) is 10.5 Å². The molecule has 1 saturated heterocycles. The van der Waals surface area contributed by atoms with Gasteiger partial charge in [-0.1, -0.05) is 18.2 Å². The highest BCUT2D eigenvalue weighted by Gasteiger charge is 2.46. The van der Waals surface area contributed by atoms with Gasteiger partial charge in [-0.15, -0.1) is 0 Å². The fraction of sp³-hybridized carbons (Fsp3) is 0.409. The van der Waals surface area contributed by atoms with Crippen molar-refractivity contribution in [3.63, 3.8) is 0 Å². The SMILES string of the molecule is O=C1CCC(N2C(=O)c3cccc(NCCOCCOCCOCCOCCOCCn4ncnc4[C@H]4C5=NCC(=O)c6cc(F)cc(c65)NC4c4ccc(F)cc4)c3C2=O)C(=O)N1. The lowest BCUT2D eigenvalue weighted by Crippen LogP contribution is -2.54. The van der Waals surface area contributed by atoms with Gasteiger partial charge in [-0.2, -0.15) is 5.10 Å². The summed E-state index contributed by atoms with van der Waals surface area (Å²) in [7, 11) is 0. The van der Waals surface area contributed by atoms with Crippen LogP contribution in [0.4, 0.5) is 20.2 Å². The number of anilines is 2. The molecule has 8 rings (SSSR count). The molecule has 0 bridgehead atoms. The molecule has 4 aliphatic rings. The molecule has 0 aliphatic carbocycles. The van der Waals surface area contributed by atoms with Crippen LogP contribution in [0.5, 0.6) is 0 Å². The second-order valence-corrected chi connectivity index (χ2v) is 15.2. The second-order valence-electron chi connectivity index (χ2n) is 15.2. The molecule has 1 fully saturated rings. The Morgan fingerprint density at radius 1 is 0.750 bits per heavy atom. The number of carbonyl (C=O) groups is 5. The van der Waals surface area contributed by atoms with Gasteiger partial charge in [-0.05, 0) is 48.4 Å². The number of imide groups is 2. The Labute approximate surface area is 365 Å². The third-order valence-corrected chi connectivity index (χ3v) is 11.1. The van der Waals surface area contributed by atoms with E-state index in [1.165, 1.54) is 36.7 Å². The third kappa shape index (κ3) is 9.75. The summed E-state index contributed by atoms with van der Waals surface area (Å²) in [6.45, 7) is 4.03. The number of carbonyl (C=O) groups excluding carboxylic acids is 5. The van der Waals surface area contributed by atoms with Crippen molar-refractivity contribution >= 4 is 46.5 Å². The summed E-state index contributed by atoms with van der Waals surface area (Å²) in [5.74, 6) is -3.41. The molecule has 3 atom stereocenters. The van der Waals surface area contributed by atoms with E-state index in [2.05, 4.69) is 31.0 Å². The Kier molecular flexibility index (Phi) is 14.2. The van der Waals surface area contributed by atoms with E-state index in [1.54, 1.807) is 28.9 Å². The minimum absolute atomic E-state index is 0.0489. The molecule has 3 aromatic carbocycles. The molecular weight excluding hydrogens is 839 g/mol. The predicted molar refractivity (Wildman–Crippen MR) is 223 cm³/mol. The first kappa shape index (κ1) is 44.3. The van der Waals surface area contributed by atoms with Gasteiger partial charge >= 0.3 is 0 Å². The lowest BCUT2D eigenvalue weighted by Gasteiger charge is -2.38. The number of nitrogens with one attached hydrogen (secondary N) is 3. The van der Waals surface area contributed by atoms with Crippen molar-refractivity contribution in [2.24, 2.45) is 4.99 Å². The molecule has 2 unspecified atom stereocenters. The van der Waals surface area contributed by atoms with Gasteiger partial charge in [0.15, 0.2) is 5.78 Å². The Morgan fingerprint density at radius 3 is 2.14 bits per heavy atom. The van der Waals surface area contributed by atoms with Crippen LogP contribution in [0.3, 0.4) is 0 Å². The fourth-order valence-electron chi connectivity index (χ4n) is 8.16. The number of amides is 4. The maximum atomic E-state index is 14.6. The average molecular weight is 885 g/mol. The first-order valence-corrected chi connectivity index (χ1v) is 21.0. The monoisotopic (exact) mass is 884 g/mol. The van der Waals surface area contributed by atoms with Crippen LogP contribution in [0.2, 0.25) is 0 Å². The topological polar surface area (TPSA) is 214 Å². The average Bonchev–Trinajstić information content (AvgIpc) is 3.85. The van der Waals surface area contributed by atoms with Crippen LogP contribution in [0.15, 0.2) is 65.9 Å². The Balaban J connectivity index is 0.682. The summed E-state index contributed by atoms with van der Waals surface area (Å²) < 4.78 is 58.5. The molecule has 0 spiro atoms. The minimum Gasteiger partial charge on any atom is -0.382 e. The van der Waals surface area contributed by atoms with Gasteiger partial charge in [-0.3, -0.25) is 39.2 Å². The van der Waals surface area contributed by atoms with Crippen LogP contribution < -0.4 is 16.0 Å². The van der Waals surface area contributed by atoms with Crippen LogP contribution >= 0.6 is 0 Å². The zero-order valence-corrected chi connectivity index (χ0v) is 34.7. The van der Waals surface area contributed by atoms with Gasteiger partial charge in [0, 0.05) is 35.5 Å². The summed E-state index contributed by atoms with van der Waals surface area (Å²) in [5, 5.41) is 13.1. The number of Topliss-reactive ketones (excluding diaryl/α,β-unsaturated/α-hetero) is 1. The smallest absolute Gasteiger partial charge is 0.264 e. The largest absolute Gasteiger partial charge is 0.382 e. The number of hydrogen-bond acceptors (Lipinski definition) is 15. The highest BCUT2D eigenvalue weighted by Crippen LogP contribution is 2.45. The summed E-state index contributed by atoms with van der Waals surface area (Å²) in [4.78, 5) is 73.1. The van der Waals surface area contributed by atoms with E-state index >= 15 is 0 Å². The van der Waals surface area contributed by atoms with Crippen LogP contribution in [-0.2, 0) is 39.8 Å². The van der Waals surface area contributed by atoms with Gasteiger partial charge in [-0.25, -0.2) is 18.4 Å². The van der Waals surface area contributed by atoms with E-state index in [0.29, 0.717) is 108 Å². The zero-order valence-electron chi connectivity index (χ0n) is 34.7. The Morgan fingerprint density at radius 2 is 1.44 bits per heavy atom. The van der Waals surface area contributed by atoms with Crippen LogP contribution in [-0.4, -0.2) is 140 Å². The van der Waals surface area contributed by atoms with E-state index in [9.17, 15) is 32.8 Å². The number of aromatic nitrogens is 3. The first-order chi connectivity index (χ1) is 31.2. The predicted octanol–water partition coefficient (Wildman–Crippen LogP) is 3.09. The zero-order chi connectivity index (χ0) is 44.6. The molecule has 0 radical (unpaired) electrons. The summed E-state index contributed by atoms with van der Waals surface area (Å²) in [5.41, 5.74) is 3.39. The van der Waals surface area contributed by atoms with Crippen LogP contribution in [0, 0.1) is 11.6 Å². The number of benzene rings is 3.